The predicted octanol–water partition coefficient (Wildman–Crippen LogP) is 6.13. The van der Waals surface area contributed by atoms with Crippen LogP contribution in [0.5, 0.6) is 0 Å². The van der Waals surface area contributed by atoms with Crippen molar-refractivity contribution in [1.29, 1.82) is 0 Å². The fourth-order valence-corrected chi connectivity index (χ4v) is 8.61. The smallest absolute Gasteiger partial charge is 0.394 e. The molecule has 16 heteroatoms. The largest absolute Gasteiger partial charge is 0.479 e. The van der Waals surface area contributed by atoms with Crippen LogP contribution in [0.2, 0.25) is 0 Å². The van der Waals surface area contributed by atoms with Crippen LogP contribution in [0, 0.1) is 5.92 Å². The monoisotopic (exact) mass is 853 g/mol. The molecule has 4 aromatic carbocycles. The van der Waals surface area contributed by atoms with E-state index in [0.29, 0.717) is 24.1 Å². The van der Waals surface area contributed by atoms with Gasteiger partial charge in [0.25, 0.3) is 0 Å². The van der Waals surface area contributed by atoms with Crippen molar-refractivity contribution in [3.8, 4) is 0 Å². The van der Waals surface area contributed by atoms with E-state index in [-0.39, 0.29) is 6.10 Å². The number of benzene rings is 4. The molecule has 5 unspecified atom stereocenters. The number of carboxylic acid groups (broad SMARTS) is 2. The van der Waals surface area contributed by atoms with Crippen LogP contribution in [0.1, 0.15) is 49.8 Å². The second kappa shape index (κ2) is 22.3. The minimum Gasteiger partial charge on any atom is -0.479 e. The molecule has 7 rings (SSSR count). The number of carboxylic acids is 2. The maximum absolute atomic E-state index is 9.77. The van der Waals surface area contributed by atoms with Gasteiger partial charge in [0, 0.05) is 35.0 Å². The highest BCUT2D eigenvalue weighted by Crippen LogP contribution is 2.48. The van der Waals surface area contributed by atoms with Gasteiger partial charge in [-0.3, -0.25) is 9.11 Å². The normalized spacial score (nSPS) is 19.6. The summed E-state index contributed by atoms with van der Waals surface area (Å²) in [7, 11) is 1.90. The molecule has 2 bridgehead atoms. The topological polar surface area (TPSA) is 209 Å². The summed E-state index contributed by atoms with van der Waals surface area (Å²) in [6, 6.07) is 40.2. The minimum atomic E-state index is -4.67. The van der Waals surface area contributed by atoms with Gasteiger partial charge in [-0.25, -0.2) is 9.59 Å². The van der Waals surface area contributed by atoms with Crippen LogP contribution in [-0.4, -0.2) is 124 Å². The van der Waals surface area contributed by atoms with Crippen molar-refractivity contribution in [1.82, 2.24) is 9.80 Å². The molecule has 14 nitrogen and oxygen atoms in total. The maximum atomic E-state index is 9.77. The van der Waals surface area contributed by atoms with Crippen molar-refractivity contribution in [2.45, 2.75) is 78.9 Å². The Morgan fingerprint density at radius 3 is 1.53 bits per heavy atom. The van der Waals surface area contributed by atoms with Gasteiger partial charge >= 0.3 is 22.3 Å². The van der Waals surface area contributed by atoms with E-state index < -0.39 is 34.5 Å². The number of aliphatic carboxylic acids is 2. The SMILES string of the molecule is CC(CN(C)C)CN1c2ccccc2Sc2ccccc21.CN1C2CCC1CC(OC(c1ccccc1)c1ccccc1)C2.O=C(O)C(O)C(O)C(=O)O.O=S(=O)(O)O. The molecule has 0 amide bonds. The number of aliphatic hydroxyl groups excluding tert-OH is 2. The van der Waals surface area contributed by atoms with Crippen molar-refractivity contribution in [2.75, 3.05) is 39.1 Å². The predicted molar refractivity (Wildman–Crippen MR) is 227 cm³/mol. The number of hydrogen-bond acceptors (Lipinski definition) is 11. The first-order valence-electron chi connectivity index (χ1n) is 19.2. The van der Waals surface area contributed by atoms with Crippen LogP contribution >= 0.6 is 11.8 Å². The minimum absolute atomic E-state index is 0.0465. The molecule has 0 saturated carbocycles. The van der Waals surface area contributed by atoms with E-state index >= 15 is 0 Å². The van der Waals surface area contributed by atoms with E-state index in [1.54, 1.807) is 0 Å². The van der Waals surface area contributed by atoms with Crippen LogP contribution < -0.4 is 4.90 Å². The summed E-state index contributed by atoms with van der Waals surface area (Å²) < 4.78 is 38.2. The molecule has 2 saturated heterocycles. The molecule has 0 aliphatic carbocycles. The van der Waals surface area contributed by atoms with E-state index in [4.69, 9.17) is 42.7 Å². The molecule has 3 heterocycles. The fraction of sp³-hybridized carbons (Fsp3) is 0.395. The molecular weight excluding hydrogens is 799 g/mol. The molecule has 320 valence electrons. The Balaban J connectivity index is 0.000000197. The van der Waals surface area contributed by atoms with Gasteiger partial charge in [-0.15, -0.1) is 0 Å². The number of carbonyl (C=O) groups is 2. The molecule has 3 aliphatic rings. The Morgan fingerprint density at radius 1 is 0.746 bits per heavy atom. The number of aliphatic hydroxyl groups is 2. The van der Waals surface area contributed by atoms with Gasteiger partial charge in [-0.05, 0) is 88.1 Å². The highest BCUT2D eigenvalue weighted by atomic mass is 32.3. The van der Waals surface area contributed by atoms with Crippen molar-refractivity contribution < 1.29 is 52.3 Å². The molecule has 5 atom stereocenters. The van der Waals surface area contributed by atoms with Gasteiger partial charge in [-0.2, -0.15) is 8.42 Å². The average Bonchev–Trinajstić information content (AvgIpc) is 3.38. The third kappa shape index (κ3) is 14.7. The van der Waals surface area contributed by atoms with E-state index in [1.807, 2.05) is 11.8 Å². The maximum Gasteiger partial charge on any atom is 0.394 e. The summed E-state index contributed by atoms with van der Waals surface area (Å²) in [5, 5.41) is 32.5. The second-order valence-corrected chi connectivity index (χ2v) is 17.0. The van der Waals surface area contributed by atoms with Crippen molar-refractivity contribution in [3.63, 3.8) is 0 Å². The van der Waals surface area contributed by atoms with Crippen LogP contribution in [0.4, 0.5) is 11.4 Å². The number of piperidine rings is 1. The molecule has 4 aromatic rings. The number of nitrogens with zero attached hydrogens (tertiary/aromatic N) is 3. The lowest BCUT2D eigenvalue weighted by Crippen LogP contribution is -2.43. The van der Waals surface area contributed by atoms with Crippen molar-refractivity contribution in [3.05, 3.63) is 120 Å². The first-order chi connectivity index (χ1) is 27.9. The average molecular weight is 854 g/mol. The van der Waals surface area contributed by atoms with Crippen molar-refractivity contribution >= 4 is 45.5 Å². The Labute approximate surface area is 350 Å². The molecule has 2 fully saturated rings. The van der Waals surface area contributed by atoms with Crippen LogP contribution in [0.15, 0.2) is 119 Å². The number of rotatable bonds is 11. The number of fused-ring (bicyclic) bond motifs is 4. The molecule has 6 N–H and O–H groups in total. The van der Waals surface area contributed by atoms with Gasteiger partial charge in [0.1, 0.15) is 6.10 Å². The number of anilines is 2. The van der Waals surface area contributed by atoms with E-state index in [0.717, 1.165) is 13.1 Å². The molecule has 0 spiro atoms. The molecule has 0 aromatic heterocycles. The van der Waals surface area contributed by atoms with E-state index in [9.17, 15) is 9.59 Å². The Kier molecular flexibility index (Phi) is 17.9. The third-order valence-corrected chi connectivity index (χ3v) is 11.2. The lowest BCUT2D eigenvalue weighted by Gasteiger charge is -2.38. The van der Waals surface area contributed by atoms with Crippen LogP contribution in [-0.2, 0) is 24.7 Å². The zero-order valence-electron chi connectivity index (χ0n) is 33.6. The van der Waals surface area contributed by atoms with Gasteiger partial charge in [0.05, 0.1) is 17.5 Å². The Bertz CT molecular complexity index is 1920. The summed E-state index contributed by atoms with van der Waals surface area (Å²) >= 11 is 1.88. The Morgan fingerprint density at radius 2 is 1.14 bits per heavy atom. The first-order valence-corrected chi connectivity index (χ1v) is 21.4. The standard InChI is InChI=1S/C21H25NO.C18H22N2S.C4H6O6.H2O4S/c1-22-18-12-13-19(22)15-20(14-18)23-21(16-8-4-2-5-9-16)17-10-6-3-7-11-17;1-14(12-19(2)3)13-20-15-8-4-6-10-17(15)21-18-11-7-5-9-16(18)20;5-1(3(7)8)2(6)4(9)10;1-5(2,3)4/h2-11,18-21H,12-15H2,1H3;4-11,14H,12-13H2,1-3H3;1-2,5-6H,(H,7,8)(H,9,10);(H2,1,2,3,4). The first kappa shape index (κ1) is 47.3. The lowest BCUT2D eigenvalue weighted by molar-refractivity contribution is -0.165. The number of para-hydroxylation sites is 2. The van der Waals surface area contributed by atoms with Gasteiger partial charge in [0.15, 0.2) is 12.2 Å². The summed E-state index contributed by atoms with van der Waals surface area (Å²) in [6.07, 6.45) is 0.895. The summed E-state index contributed by atoms with van der Waals surface area (Å²) in [5.74, 6) is -2.92. The summed E-state index contributed by atoms with van der Waals surface area (Å²) in [6.45, 7) is 4.48. The van der Waals surface area contributed by atoms with E-state index in [2.05, 4.69) is 152 Å². The summed E-state index contributed by atoms with van der Waals surface area (Å²) in [4.78, 5) is 29.6. The highest BCUT2D eigenvalue weighted by molar-refractivity contribution is 7.99. The van der Waals surface area contributed by atoms with Crippen LogP contribution in [0.25, 0.3) is 0 Å². The molecule has 3 aliphatic heterocycles. The van der Waals surface area contributed by atoms with E-state index in [1.165, 1.54) is 58.0 Å². The second-order valence-electron chi connectivity index (χ2n) is 15.0. The zero-order valence-corrected chi connectivity index (χ0v) is 35.2. The van der Waals surface area contributed by atoms with Crippen LogP contribution in [0.3, 0.4) is 0 Å². The molecule has 59 heavy (non-hydrogen) atoms. The molecular formula is C43H55N3O11S2. The fourth-order valence-electron chi connectivity index (χ4n) is 7.51. The summed E-state index contributed by atoms with van der Waals surface area (Å²) in [5.41, 5.74) is 5.19. The third-order valence-electron chi connectivity index (χ3n) is 10.1. The lowest BCUT2D eigenvalue weighted by atomic mass is 9.97. The van der Waals surface area contributed by atoms with Gasteiger partial charge in [0.2, 0.25) is 0 Å². The molecule has 0 radical (unpaired) electrons. The highest BCUT2D eigenvalue weighted by Gasteiger charge is 2.40. The van der Waals surface area contributed by atoms with Gasteiger partial charge in [-0.1, -0.05) is 104 Å². The number of hydrogen-bond donors (Lipinski definition) is 6. The van der Waals surface area contributed by atoms with Crippen molar-refractivity contribution in [2.24, 2.45) is 5.92 Å². The number of ether oxygens (including phenoxy) is 1. The Hall–Kier alpha value is -4.36. The van der Waals surface area contributed by atoms with Gasteiger partial charge < -0.3 is 39.9 Å². The zero-order chi connectivity index (χ0) is 43.3. The quantitative estimate of drug-likeness (QED) is 0.0939.